The SMILES string of the molecule is C=C(C)C(N)(CC)SP(C)(C)=S. The molecule has 0 amide bonds. The fraction of sp³-hybridized carbons (Fsp3) is 0.750. The summed E-state index contributed by atoms with van der Waals surface area (Å²) in [6, 6.07) is 0. The van der Waals surface area contributed by atoms with Crippen LogP contribution in [-0.2, 0) is 11.8 Å². The Kier molecular flexibility index (Phi) is 4.53. The van der Waals surface area contributed by atoms with Crippen molar-refractivity contribution >= 4 is 28.4 Å². The summed E-state index contributed by atoms with van der Waals surface area (Å²) in [5.74, 6) is 0. The van der Waals surface area contributed by atoms with Gasteiger partial charge in [-0.15, -0.1) is 0 Å². The predicted molar refractivity (Wildman–Crippen MR) is 65.7 cm³/mol. The summed E-state index contributed by atoms with van der Waals surface area (Å²) < 4.78 is 0. The van der Waals surface area contributed by atoms with Gasteiger partial charge < -0.3 is 5.73 Å². The summed E-state index contributed by atoms with van der Waals surface area (Å²) in [6.07, 6.45) is 0.896. The highest BCUT2D eigenvalue weighted by atomic mass is 32.9. The molecule has 1 nitrogen and oxygen atoms in total. The van der Waals surface area contributed by atoms with Gasteiger partial charge in [-0.25, -0.2) is 0 Å². The second-order valence-electron chi connectivity index (χ2n) is 3.37. The molecule has 4 heteroatoms. The Labute approximate surface area is 84.9 Å². The van der Waals surface area contributed by atoms with Crippen LogP contribution in [0.25, 0.3) is 0 Å². The van der Waals surface area contributed by atoms with E-state index in [1.165, 1.54) is 0 Å². The van der Waals surface area contributed by atoms with Gasteiger partial charge in [-0.2, -0.15) is 0 Å². The maximum atomic E-state index is 6.15. The summed E-state index contributed by atoms with van der Waals surface area (Å²) in [6.45, 7) is 12.2. The Balaban J connectivity index is 4.57. The average Bonchev–Trinajstić information content (AvgIpc) is 1.83. The van der Waals surface area contributed by atoms with Gasteiger partial charge in [-0.3, -0.25) is 0 Å². The van der Waals surface area contributed by atoms with Gasteiger partial charge in [-0.05, 0) is 26.7 Å². The first-order valence-corrected chi connectivity index (χ1v) is 9.03. The second-order valence-corrected chi connectivity index (χ2v) is 13.5. The molecule has 0 bridgehead atoms. The van der Waals surface area contributed by atoms with E-state index in [9.17, 15) is 0 Å². The van der Waals surface area contributed by atoms with E-state index in [1.54, 1.807) is 11.4 Å². The van der Waals surface area contributed by atoms with E-state index in [0.717, 1.165) is 12.0 Å². The van der Waals surface area contributed by atoms with Crippen LogP contribution in [0.1, 0.15) is 20.3 Å². The smallest absolute Gasteiger partial charge is 0.0876 e. The molecule has 0 saturated carbocycles. The summed E-state index contributed by atoms with van der Waals surface area (Å²) >= 11 is 7.09. The standard InChI is InChI=1S/C8H18NPS2/c1-6-8(9,7(2)3)12-10(4,5)11/h2,6,9H2,1,3-5H3. The van der Waals surface area contributed by atoms with Crippen molar-refractivity contribution in [1.29, 1.82) is 0 Å². The van der Waals surface area contributed by atoms with Crippen molar-refractivity contribution < 1.29 is 0 Å². The Hall–Kier alpha value is 0.700. The minimum atomic E-state index is -1.29. The van der Waals surface area contributed by atoms with Crippen LogP contribution in [0.3, 0.4) is 0 Å². The average molecular weight is 223 g/mol. The monoisotopic (exact) mass is 223 g/mol. The lowest BCUT2D eigenvalue weighted by Crippen LogP contribution is -2.35. The number of hydrogen-bond acceptors (Lipinski definition) is 3. The highest BCUT2D eigenvalue weighted by Gasteiger charge is 2.27. The molecule has 0 aliphatic carbocycles. The molecule has 1 unspecified atom stereocenters. The summed E-state index contributed by atoms with van der Waals surface area (Å²) in [5.41, 5.74) is 7.17. The highest BCUT2D eigenvalue weighted by Crippen LogP contribution is 2.58. The maximum absolute atomic E-state index is 6.15. The summed E-state index contributed by atoms with van der Waals surface area (Å²) in [7, 11) is 0. The zero-order chi connectivity index (χ0) is 9.99. The van der Waals surface area contributed by atoms with Crippen LogP contribution in [0.5, 0.6) is 0 Å². The minimum Gasteiger partial charge on any atom is -0.313 e. The Morgan fingerprint density at radius 1 is 1.67 bits per heavy atom. The van der Waals surface area contributed by atoms with E-state index in [1.807, 2.05) is 6.92 Å². The predicted octanol–water partition coefficient (Wildman–Crippen LogP) is 3.01. The first-order chi connectivity index (χ1) is 5.21. The molecule has 0 fully saturated rings. The third-order valence-electron chi connectivity index (χ3n) is 1.63. The number of rotatable bonds is 4. The molecule has 12 heavy (non-hydrogen) atoms. The molecule has 0 saturated heterocycles. The van der Waals surface area contributed by atoms with Gasteiger partial charge in [0.05, 0.1) is 4.87 Å². The van der Waals surface area contributed by atoms with E-state index in [2.05, 4.69) is 26.8 Å². The largest absolute Gasteiger partial charge is 0.313 e. The van der Waals surface area contributed by atoms with Gasteiger partial charge in [0.15, 0.2) is 0 Å². The van der Waals surface area contributed by atoms with E-state index in [0.29, 0.717) is 0 Å². The van der Waals surface area contributed by atoms with E-state index >= 15 is 0 Å². The summed E-state index contributed by atoms with van der Waals surface area (Å²) in [5, 5.41) is -1.29. The van der Waals surface area contributed by atoms with Gasteiger partial charge in [0.1, 0.15) is 0 Å². The van der Waals surface area contributed by atoms with Crippen molar-refractivity contribution in [2.45, 2.75) is 25.1 Å². The van der Waals surface area contributed by atoms with Crippen molar-refractivity contribution in [2.24, 2.45) is 5.73 Å². The van der Waals surface area contributed by atoms with Crippen molar-refractivity contribution in [3.8, 4) is 0 Å². The van der Waals surface area contributed by atoms with E-state index < -0.39 is 5.24 Å². The van der Waals surface area contributed by atoms with Crippen LogP contribution in [0.4, 0.5) is 0 Å². The number of hydrogen-bond donors (Lipinski definition) is 1. The fourth-order valence-electron chi connectivity index (χ4n) is 0.837. The van der Waals surface area contributed by atoms with Crippen molar-refractivity contribution in [2.75, 3.05) is 13.3 Å². The van der Waals surface area contributed by atoms with Crippen LogP contribution in [0.2, 0.25) is 0 Å². The van der Waals surface area contributed by atoms with Crippen molar-refractivity contribution in [3.63, 3.8) is 0 Å². The van der Waals surface area contributed by atoms with Crippen molar-refractivity contribution in [3.05, 3.63) is 12.2 Å². The lowest BCUT2D eigenvalue weighted by molar-refractivity contribution is 0.685. The topological polar surface area (TPSA) is 26.0 Å². The molecule has 0 radical (unpaired) electrons. The van der Waals surface area contributed by atoms with Crippen LogP contribution < -0.4 is 5.73 Å². The van der Waals surface area contributed by atoms with Gasteiger partial charge in [0.2, 0.25) is 0 Å². The quantitative estimate of drug-likeness (QED) is 0.451. The molecule has 0 aromatic heterocycles. The maximum Gasteiger partial charge on any atom is 0.0876 e. The first-order valence-electron chi connectivity index (χ1n) is 3.92. The van der Waals surface area contributed by atoms with Crippen LogP contribution in [0, 0.1) is 0 Å². The molecule has 0 aromatic rings. The van der Waals surface area contributed by atoms with Crippen LogP contribution >= 0.6 is 16.6 Å². The summed E-state index contributed by atoms with van der Waals surface area (Å²) in [4.78, 5) is -0.307. The van der Waals surface area contributed by atoms with Crippen molar-refractivity contribution in [1.82, 2.24) is 0 Å². The van der Waals surface area contributed by atoms with Crippen LogP contribution in [0.15, 0.2) is 12.2 Å². The molecule has 0 aliphatic rings. The lowest BCUT2D eigenvalue weighted by atomic mass is 10.1. The van der Waals surface area contributed by atoms with Crippen LogP contribution in [-0.4, -0.2) is 18.2 Å². The zero-order valence-corrected chi connectivity index (χ0v) is 10.8. The Morgan fingerprint density at radius 2 is 2.08 bits per heavy atom. The molecule has 0 aliphatic heterocycles. The minimum absolute atomic E-state index is 0.307. The highest BCUT2D eigenvalue weighted by molar-refractivity contribution is 8.71. The Morgan fingerprint density at radius 3 is 2.17 bits per heavy atom. The first kappa shape index (κ1) is 12.7. The molecule has 2 N–H and O–H groups in total. The third kappa shape index (κ3) is 4.08. The van der Waals surface area contributed by atoms with Gasteiger partial charge in [0, 0.05) is 5.24 Å². The van der Waals surface area contributed by atoms with E-state index in [-0.39, 0.29) is 4.87 Å². The molecular weight excluding hydrogens is 205 g/mol. The normalized spacial score (nSPS) is 17.1. The van der Waals surface area contributed by atoms with Gasteiger partial charge in [0.25, 0.3) is 0 Å². The molecule has 0 spiro atoms. The number of nitrogens with two attached hydrogens (primary N) is 1. The molecule has 0 heterocycles. The molecule has 1 atom stereocenters. The molecule has 0 rings (SSSR count). The van der Waals surface area contributed by atoms with Gasteiger partial charge in [-0.1, -0.05) is 42.3 Å². The van der Waals surface area contributed by atoms with Gasteiger partial charge >= 0.3 is 0 Å². The molecular formula is C8H18NPS2. The molecule has 72 valence electrons. The second kappa shape index (κ2) is 4.28. The molecule has 0 aromatic carbocycles. The van der Waals surface area contributed by atoms with E-state index in [4.69, 9.17) is 17.5 Å². The third-order valence-corrected chi connectivity index (χ3v) is 6.00. The zero-order valence-electron chi connectivity index (χ0n) is 8.26. The lowest BCUT2D eigenvalue weighted by Gasteiger charge is -2.31. The fourth-order valence-corrected chi connectivity index (χ4v) is 6.31. The Bertz CT molecular complexity index is 221.